The Bertz CT molecular complexity index is 402. The number of aryl methyl sites for hydroxylation is 1. The number of anilines is 1. The maximum Gasteiger partial charge on any atom is 0.146 e. The zero-order valence-corrected chi connectivity index (χ0v) is 7.92. The molecule has 0 bridgehead atoms. The van der Waals surface area contributed by atoms with Gasteiger partial charge in [-0.15, -0.1) is 0 Å². The molecule has 0 amide bonds. The average Bonchev–Trinajstić information content (AvgIpc) is 2.14. The van der Waals surface area contributed by atoms with Gasteiger partial charge in [-0.3, -0.25) is 0 Å². The summed E-state index contributed by atoms with van der Waals surface area (Å²) in [7, 11) is 0. The Morgan fingerprint density at radius 2 is 2.29 bits per heavy atom. The van der Waals surface area contributed by atoms with Crippen LogP contribution in [0.4, 0.5) is 10.1 Å². The van der Waals surface area contributed by atoms with Gasteiger partial charge in [-0.05, 0) is 30.2 Å². The third-order valence-corrected chi connectivity index (χ3v) is 1.89. The van der Waals surface area contributed by atoms with E-state index in [0.29, 0.717) is 6.42 Å². The third kappa shape index (κ3) is 2.33. The minimum absolute atomic E-state index is 0.153. The van der Waals surface area contributed by atoms with E-state index < -0.39 is 5.82 Å². The second-order valence-electron chi connectivity index (χ2n) is 2.99. The van der Waals surface area contributed by atoms with Crippen LogP contribution in [0.15, 0.2) is 18.2 Å². The molecule has 14 heavy (non-hydrogen) atoms. The zero-order valence-electron chi connectivity index (χ0n) is 7.92. The van der Waals surface area contributed by atoms with Crippen molar-refractivity contribution in [3.8, 4) is 6.07 Å². The summed E-state index contributed by atoms with van der Waals surface area (Å²) < 4.78 is 13.0. The first-order valence-electron chi connectivity index (χ1n) is 4.24. The van der Waals surface area contributed by atoms with Crippen molar-refractivity contribution >= 4 is 11.8 Å². The Hall–Kier alpha value is -1.82. The molecule has 3 heteroatoms. The van der Waals surface area contributed by atoms with Crippen molar-refractivity contribution in [2.24, 2.45) is 0 Å². The van der Waals surface area contributed by atoms with Gasteiger partial charge in [0, 0.05) is 0 Å². The standard InChI is InChI=1S/C11H11FN2/c1-8-6-11(14)10(12)7-9(8)4-2-3-5-13/h2,4,6-7H,3,14H2,1H3. The Kier molecular flexibility index (Phi) is 3.24. The smallest absolute Gasteiger partial charge is 0.146 e. The zero-order chi connectivity index (χ0) is 10.6. The SMILES string of the molecule is Cc1cc(N)c(F)cc1C=CCC#N. The Labute approximate surface area is 82.5 Å². The number of rotatable bonds is 2. The highest BCUT2D eigenvalue weighted by Crippen LogP contribution is 2.18. The van der Waals surface area contributed by atoms with E-state index in [1.165, 1.54) is 6.07 Å². The van der Waals surface area contributed by atoms with E-state index in [0.717, 1.165) is 11.1 Å². The minimum Gasteiger partial charge on any atom is -0.396 e. The number of nitrogens with two attached hydrogens (primary N) is 1. The Balaban J connectivity index is 2.99. The molecule has 0 saturated carbocycles. The molecule has 0 aliphatic heterocycles. The van der Waals surface area contributed by atoms with Crippen molar-refractivity contribution in [3.05, 3.63) is 35.2 Å². The van der Waals surface area contributed by atoms with Gasteiger partial charge in [0.25, 0.3) is 0 Å². The lowest BCUT2D eigenvalue weighted by Crippen LogP contribution is -1.93. The van der Waals surface area contributed by atoms with Crippen LogP contribution in [-0.4, -0.2) is 0 Å². The fourth-order valence-electron chi connectivity index (χ4n) is 1.14. The molecule has 2 nitrogen and oxygen atoms in total. The molecule has 2 N–H and O–H groups in total. The molecule has 1 aromatic rings. The molecule has 0 heterocycles. The van der Waals surface area contributed by atoms with Crippen LogP contribution in [0.3, 0.4) is 0 Å². The van der Waals surface area contributed by atoms with E-state index in [1.54, 1.807) is 18.2 Å². The summed E-state index contributed by atoms with van der Waals surface area (Å²) in [5, 5.41) is 8.32. The minimum atomic E-state index is -0.424. The van der Waals surface area contributed by atoms with E-state index in [4.69, 9.17) is 11.0 Å². The van der Waals surface area contributed by atoms with E-state index >= 15 is 0 Å². The molecule has 0 saturated heterocycles. The van der Waals surface area contributed by atoms with E-state index in [9.17, 15) is 4.39 Å². The van der Waals surface area contributed by atoms with Crippen LogP contribution >= 0.6 is 0 Å². The van der Waals surface area contributed by atoms with Crippen LogP contribution in [0.1, 0.15) is 17.5 Å². The normalized spacial score (nSPS) is 10.4. The van der Waals surface area contributed by atoms with Crippen molar-refractivity contribution < 1.29 is 4.39 Å². The summed E-state index contributed by atoms with van der Waals surface area (Å²) in [4.78, 5) is 0. The largest absolute Gasteiger partial charge is 0.396 e. The van der Waals surface area contributed by atoms with Crippen molar-refractivity contribution in [2.45, 2.75) is 13.3 Å². The predicted molar refractivity (Wildman–Crippen MR) is 54.8 cm³/mol. The Morgan fingerprint density at radius 1 is 1.57 bits per heavy atom. The number of nitrogen functional groups attached to an aromatic ring is 1. The van der Waals surface area contributed by atoms with E-state index in [1.807, 2.05) is 13.0 Å². The van der Waals surface area contributed by atoms with Crippen molar-refractivity contribution in [3.63, 3.8) is 0 Å². The molecule has 0 atom stereocenters. The number of halogens is 1. The van der Waals surface area contributed by atoms with Crippen LogP contribution in [0.2, 0.25) is 0 Å². The van der Waals surface area contributed by atoms with Crippen molar-refractivity contribution in [2.75, 3.05) is 5.73 Å². The molecule has 0 spiro atoms. The van der Waals surface area contributed by atoms with Gasteiger partial charge in [-0.1, -0.05) is 12.2 Å². The molecular formula is C11H11FN2. The lowest BCUT2D eigenvalue weighted by atomic mass is 10.1. The molecule has 0 radical (unpaired) electrons. The fraction of sp³-hybridized carbons (Fsp3) is 0.182. The van der Waals surface area contributed by atoms with Gasteiger partial charge in [0.15, 0.2) is 0 Å². The molecule has 72 valence electrons. The van der Waals surface area contributed by atoms with Crippen LogP contribution in [-0.2, 0) is 0 Å². The van der Waals surface area contributed by atoms with Crippen molar-refractivity contribution in [1.29, 1.82) is 5.26 Å². The first-order valence-corrected chi connectivity index (χ1v) is 4.24. The lowest BCUT2D eigenvalue weighted by Gasteiger charge is -2.02. The number of hydrogen-bond acceptors (Lipinski definition) is 2. The third-order valence-electron chi connectivity index (χ3n) is 1.89. The molecule has 1 rings (SSSR count). The topological polar surface area (TPSA) is 49.8 Å². The number of hydrogen-bond donors (Lipinski definition) is 1. The maximum absolute atomic E-state index is 13.0. The lowest BCUT2D eigenvalue weighted by molar-refractivity contribution is 0.632. The van der Waals surface area contributed by atoms with Gasteiger partial charge in [0.2, 0.25) is 0 Å². The molecule has 0 aromatic heterocycles. The van der Waals surface area contributed by atoms with Crippen LogP contribution in [0.5, 0.6) is 0 Å². The van der Waals surface area contributed by atoms with Gasteiger partial charge >= 0.3 is 0 Å². The van der Waals surface area contributed by atoms with Crippen LogP contribution < -0.4 is 5.73 Å². The number of nitrogens with zero attached hydrogens (tertiary/aromatic N) is 1. The highest BCUT2D eigenvalue weighted by molar-refractivity contribution is 5.58. The highest BCUT2D eigenvalue weighted by atomic mass is 19.1. The van der Waals surface area contributed by atoms with Gasteiger partial charge in [0.05, 0.1) is 18.2 Å². The quantitative estimate of drug-likeness (QED) is 0.729. The van der Waals surface area contributed by atoms with E-state index in [2.05, 4.69) is 0 Å². The maximum atomic E-state index is 13.0. The molecule has 0 fully saturated rings. The van der Waals surface area contributed by atoms with Crippen molar-refractivity contribution in [1.82, 2.24) is 0 Å². The summed E-state index contributed by atoms with van der Waals surface area (Å²) in [6.45, 7) is 1.85. The molecule has 0 aliphatic carbocycles. The van der Waals surface area contributed by atoms with Crippen LogP contribution in [0, 0.1) is 24.1 Å². The van der Waals surface area contributed by atoms with Gasteiger partial charge in [-0.25, -0.2) is 4.39 Å². The second-order valence-corrected chi connectivity index (χ2v) is 2.99. The molecular weight excluding hydrogens is 179 g/mol. The number of allylic oxidation sites excluding steroid dienone is 1. The number of nitriles is 1. The first kappa shape index (κ1) is 10.3. The van der Waals surface area contributed by atoms with Gasteiger partial charge in [-0.2, -0.15) is 5.26 Å². The van der Waals surface area contributed by atoms with Gasteiger partial charge < -0.3 is 5.73 Å². The van der Waals surface area contributed by atoms with Crippen LogP contribution in [0.25, 0.3) is 6.08 Å². The number of benzene rings is 1. The summed E-state index contributed by atoms with van der Waals surface area (Å²) in [5.74, 6) is -0.424. The second kappa shape index (κ2) is 4.43. The van der Waals surface area contributed by atoms with Gasteiger partial charge in [0.1, 0.15) is 5.82 Å². The van der Waals surface area contributed by atoms with E-state index in [-0.39, 0.29) is 5.69 Å². The highest BCUT2D eigenvalue weighted by Gasteiger charge is 2.01. The average molecular weight is 190 g/mol. The first-order chi connectivity index (χ1) is 6.65. The molecule has 0 unspecified atom stereocenters. The predicted octanol–water partition coefficient (Wildman–Crippen LogP) is 2.64. The summed E-state index contributed by atoms with van der Waals surface area (Å²) in [6.07, 6.45) is 3.74. The summed E-state index contributed by atoms with van der Waals surface area (Å²) >= 11 is 0. The molecule has 1 aromatic carbocycles. The monoisotopic (exact) mass is 190 g/mol. The summed E-state index contributed by atoms with van der Waals surface area (Å²) in [5.41, 5.74) is 7.20. The summed E-state index contributed by atoms with van der Waals surface area (Å²) in [6, 6.07) is 4.94. The molecule has 0 aliphatic rings. The fourth-order valence-corrected chi connectivity index (χ4v) is 1.14. The Morgan fingerprint density at radius 3 is 2.93 bits per heavy atom.